The molecular weight excluding hydrogens is 312 g/mol. The van der Waals surface area contributed by atoms with E-state index in [9.17, 15) is 9.59 Å². The van der Waals surface area contributed by atoms with Crippen LogP contribution in [0.1, 0.15) is 62.5 Å². The van der Waals surface area contributed by atoms with Crippen LogP contribution in [0.3, 0.4) is 0 Å². The van der Waals surface area contributed by atoms with Crippen molar-refractivity contribution in [3.63, 3.8) is 0 Å². The van der Waals surface area contributed by atoms with Gasteiger partial charge in [0.05, 0.1) is 0 Å². The van der Waals surface area contributed by atoms with Gasteiger partial charge in [-0.3, -0.25) is 9.59 Å². The molecule has 2 atom stereocenters. The highest BCUT2D eigenvalue weighted by Crippen LogP contribution is 2.34. The minimum atomic E-state index is -0.725. The summed E-state index contributed by atoms with van der Waals surface area (Å²) >= 11 is 0. The highest BCUT2D eigenvalue weighted by molar-refractivity contribution is 5.84. The number of rotatable bonds is 10. The van der Waals surface area contributed by atoms with Gasteiger partial charge in [0.1, 0.15) is 5.78 Å². The molecule has 0 heterocycles. The van der Waals surface area contributed by atoms with Gasteiger partial charge in [-0.1, -0.05) is 62.3 Å². The zero-order valence-corrected chi connectivity index (χ0v) is 14.8. The Morgan fingerprint density at radius 1 is 1.20 bits per heavy atom. The van der Waals surface area contributed by atoms with Crippen LogP contribution in [0.5, 0.6) is 0 Å². The molecule has 1 saturated carbocycles. The molecular formula is C22H28O3. The number of allylic oxidation sites excluding steroid dienone is 1. The van der Waals surface area contributed by atoms with Crippen LogP contribution in [0.2, 0.25) is 0 Å². The molecule has 0 unspecified atom stereocenters. The number of Topliss-reactive ketones (excluding diaryl/α,β-unsaturated/α-hetero) is 1. The Bertz CT molecular complexity index is 630. The van der Waals surface area contributed by atoms with Crippen molar-refractivity contribution in [2.45, 2.75) is 51.4 Å². The first-order chi connectivity index (χ1) is 12.1. The standard InChI is InChI=1S/C22H28O3/c1-2-17-8-7-9-18(16-17)12-13-19-14-15-21(23)20(19)10-5-3-4-6-11-22(24)25/h2,7-9,12-13,16,19-20H,1,3-6,10-11,14-15H2,(H,24,25)/t19-,20+/m1/s1. The number of aliphatic carboxylic acids is 1. The Labute approximate surface area is 150 Å². The average molecular weight is 340 g/mol. The number of benzene rings is 1. The fourth-order valence-electron chi connectivity index (χ4n) is 3.56. The van der Waals surface area contributed by atoms with Crippen LogP contribution in [-0.4, -0.2) is 16.9 Å². The SMILES string of the molecule is C=Cc1cccc(C=C[C@@H]2CCC(=O)[C@H]2CCCCCCC(=O)O)c1. The van der Waals surface area contributed by atoms with E-state index in [1.54, 1.807) is 0 Å². The summed E-state index contributed by atoms with van der Waals surface area (Å²) in [6, 6.07) is 8.21. The summed E-state index contributed by atoms with van der Waals surface area (Å²) in [4.78, 5) is 22.7. The molecule has 2 rings (SSSR count). The third kappa shape index (κ3) is 6.33. The van der Waals surface area contributed by atoms with Crippen LogP contribution in [-0.2, 0) is 9.59 Å². The van der Waals surface area contributed by atoms with Crippen molar-refractivity contribution in [1.82, 2.24) is 0 Å². The number of carboxylic acid groups (broad SMARTS) is 1. The molecule has 1 aliphatic carbocycles. The zero-order chi connectivity index (χ0) is 18.1. The van der Waals surface area contributed by atoms with Crippen LogP contribution < -0.4 is 0 Å². The smallest absolute Gasteiger partial charge is 0.303 e. The second kappa shape index (κ2) is 9.97. The monoisotopic (exact) mass is 340 g/mol. The second-order valence-electron chi connectivity index (χ2n) is 6.86. The van der Waals surface area contributed by atoms with Crippen molar-refractivity contribution in [1.29, 1.82) is 0 Å². The van der Waals surface area contributed by atoms with Crippen molar-refractivity contribution in [3.05, 3.63) is 48.0 Å². The molecule has 1 aromatic rings. The molecule has 0 aliphatic heterocycles. The molecule has 0 amide bonds. The first kappa shape index (κ1) is 19.2. The van der Waals surface area contributed by atoms with Gasteiger partial charge in [0.25, 0.3) is 0 Å². The van der Waals surface area contributed by atoms with Gasteiger partial charge in [0, 0.05) is 18.8 Å². The van der Waals surface area contributed by atoms with Gasteiger partial charge in [-0.05, 0) is 42.4 Å². The predicted molar refractivity (Wildman–Crippen MR) is 102 cm³/mol. The molecule has 3 heteroatoms. The number of unbranched alkanes of at least 4 members (excludes halogenated alkanes) is 3. The van der Waals surface area contributed by atoms with E-state index in [0.29, 0.717) is 18.1 Å². The average Bonchev–Trinajstić information content (AvgIpc) is 2.96. The van der Waals surface area contributed by atoms with E-state index >= 15 is 0 Å². The molecule has 1 aromatic carbocycles. The van der Waals surface area contributed by atoms with Gasteiger partial charge in [-0.15, -0.1) is 0 Å². The molecule has 1 N–H and O–H groups in total. The molecule has 0 radical (unpaired) electrons. The van der Waals surface area contributed by atoms with E-state index in [2.05, 4.69) is 30.9 Å². The summed E-state index contributed by atoms with van der Waals surface area (Å²) in [7, 11) is 0. The van der Waals surface area contributed by atoms with Crippen LogP contribution in [0, 0.1) is 11.8 Å². The lowest BCUT2D eigenvalue weighted by atomic mass is 9.89. The molecule has 25 heavy (non-hydrogen) atoms. The van der Waals surface area contributed by atoms with Crippen molar-refractivity contribution in [2.24, 2.45) is 11.8 Å². The summed E-state index contributed by atoms with van der Waals surface area (Å²) in [6.07, 6.45) is 12.6. The van der Waals surface area contributed by atoms with Crippen LogP contribution in [0.25, 0.3) is 12.2 Å². The van der Waals surface area contributed by atoms with Gasteiger partial charge in [-0.25, -0.2) is 0 Å². The summed E-state index contributed by atoms with van der Waals surface area (Å²) in [5.74, 6) is 0.133. The molecule has 134 valence electrons. The Hall–Kier alpha value is -2.16. The van der Waals surface area contributed by atoms with E-state index in [-0.39, 0.29) is 12.3 Å². The minimum Gasteiger partial charge on any atom is -0.481 e. The van der Waals surface area contributed by atoms with Crippen molar-refractivity contribution in [2.75, 3.05) is 0 Å². The fraction of sp³-hybridized carbons (Fsp3) is 0.455. The van der Waals surface area contributed by atoms with E-state index in [1.807, 2.05) is 18.2 Å². The number of carboxylic acids is 1. The van der Waals surface area contributed by atoms with E-state index in [0.717, 1.165) is 49.7 Å². The van der Waals surface area contributed by atoms with E-state index < -0.39 is 5.97 Å². The first-order valence-corrected chi connectivity index (χ1v) is 9.25. The Balaban J connectivity index is 1.82. The quantitative estimate of drug-likeness (QED) is 0.583. The maximum Gasteiger partial charge on any atom is 0.303 e. The minimum absolute atomic E-state index is 0.137. The van der Waals surface area contributed by atoms with Crippen molar-refractivity contribution >= 4 is 23.9 Å². The predicted octanol–water partition coefficient (Wildman–Crippen LogP) is 5.36. The highest BCUT2D eigenvalue weighted by Gasteiger charge is 2.32. The Kier molecular flexibility index (Phi) is 7.65. The number of carbonyl (C=O) groups excluding carboxylic acids is 1. The van der Waals surface area contributed by atoms with E-state index in [4.69, 9.17) is 5.11 Å². The topological polar surface area (TPSA) is 54.4 Å². The molecule has 0 aromatic heterocycles. The van der Waals surface area contributed by atoms with Gasteiger partial charge in [-0.2, -0.15) is 0 Å². The van der Waals surface area contributed by atoms with Gasteiger partial charge in [0.15, 0.2) is 0 Å². The number of ketones is 1. The Morgan fingerprint density at radius 2 is 1.96 bits per heavy atom. The number of hydrogen-bond acceptors (Lipinski definition) is 2. The third-order valence-electron chi connectivity index (χ3n) is 4.99. The van der Waals surface area contributed by atoms with Gasteiger partial charge in [0.2, 0.25) is 0 Å². The lowest BCUT2D eigenvalue weighted by Crippen LogP contribution is -2.13. The zero-order valence-electron chi connectivity index (χ0n) is 14.8. The first-order valence-electron chi connectivity index (χ1n) is 9.25. The van der Waals surface area contributed by atoms with Gasteiger partial charge >= 0.3 is 5.97 Å². The van der Waals surface area contributed by atoms with Gasteiger partial charge < -0.3 is 5.11 Å². The fourth-order valence-corrected chi connectivity index (χ4v) is 3.56. The lowest BCUT2D eigenvalue weighted by Gasteiger charge is -2.14. The number of hydrogen-bond donors (Lipinski definition) is 1. The molecule has 0 saturated heterocycles. The molecule has 3 nitrogen and oxygen atoms in total. The second-order valence-corrected chi connectivity index (χ2v) is 6.86. The van der Waals surface area contributed by atoms with Crippen molar-refractivity contribution in [3.8, 4) is 0 Å². The van der Waals surface area contributed by atoms with E-state index in [1.165, 1.54) is 0 Å². The van der Waals surface area contributed by atoms with Crippen LogP contribution >= 0.6 is 0 Å². The van der Waals surface area contributed by atoms with Crippen LogP contribution in [0.4, 0.5) is 0 Å². The van der Waals surface area contributed by atoms with Crippen molar-refractivity contribution < 1.29 is 14.7 Å². The summed E-state index contributed by atoms with van der Waals surface area (Å²) in [5, 5.41) is 8.64. The maximum atomic E-state index is 12.2. The largest absolute Gasteiger partial charge is 0.481 e. The Morgan fingerprint density at radius 3 is 2.72 bits per heavy atom. The van der Waals surface area contributed by atoms with Crippen LogP contribution in [0.15, 0.2) is 36.9 Å². The molecule has 1 fully saturated rings. The summed E-state index contributed by atoms with van der Waals surface area (Å²) in [5.41, 5.74) is 2.24. The lowest BCUT2D eigenvalue weighted by molar-refractivity contribution is -0.137. The normalized spacial score (nSPS) is 20.2. The maximum absolute atomic E-state index is 12.2. The summed E-state index contributed by atoms with van der Waals surface area (Å²) < 4.78 is 0. The third-order valence-corrected chi connectivity index (χ3v) is 4.99. The summed E-state index contributed by atoms with van der Waals surface area (Å²) in [6.45, 7) is 3.79. The molecule has 1 aliphatic rings. The molecule has 0 bridgehead atoms. The molecule has 0 spiro atoms. The highest BCUT2D eigenvalue weighted by atomic mass is 16.4. The number of carbonyl (C=O) groups is 2.